The molecule has 7 heteroatoms. The van der Waals surface area contributed by atoms with E-state index in [0.717, 1.165) is 0 Å². The summed E-state index contributed by atoms with van der Waals surface area (Å²) in [5, 5.41) is 2.79. The summed E-state index contributed by atoms with van der Waals surface area (Å²) in [4.78, 5) is 37.3. The fourth-order valence-electron chi connectivity index (χ4n) is 1.60. The Morgan fingerprint density at radius 1 is 1.22 bits per heavy atom. The molecule has 0 unspecified atom stereocenters. The van der Waals surface area contributed by atoms with E-state index in [2.05, 4.69) is 5.32 Å². The second kappa shape index (κ2) is 9.19. The number of amides is 2. The van der Waals surface area contributed by atoms with Crippen molar-refractivity contribution in [3.63, 3.8) is 0 Å². The topological polar surface area (TPSA) is 75.7 Å². The van der Waals surface area contributed by atoms with Crippen molar-refractivity contribution >= 4 is 29.5 Å². The normalized spacial score (nSPS) is 10.3. The van der Waals surface area contributed by atoms with Gasteiger partial charge in [0.05, 0.1) is 11.3 Å². The van der Waals surface area contributed by atoms with Crippen molar-refractivity contribution in [2.45, 2.75) is 24.8 Å². The van der Waals surface area contributed by atoms with Gasteiger partial charge in [0.25, 0.3) is 5.91 Å². The number of likely N-dealkylation sites (N-methyl/N-ethyl adjacent to an activating group) is 1. The van der Waals surface area contributed by atoms with Gasteiger partial charge in [0, 0.05) is 25.0 Å². The van der Waals surface area contributed by atoms with Gasteiger partial charge in [-0.05, 0) is 26.0 Å². The third kappa shape index (κ3) is 6.73. The van der Waals surface area contributed by atoms with E-state index < -0.39 is 5.97 Å². The fraction of sp³-hybridized carbons (Fsp3) is 0.438. The third-order valence-electron chi connectivity index (χ3n) is 2.74. The second-order valence-electron chi connectivity index (χ2n) is 5.37. The van der Waals surface area contributed by atoms with Crippen LogP contribution in [0.2, 0.25) is 0 Å². The molecular formula is C16H22N2O4S. The van der Waals surface area contributed by atoms with E-state index >= 15 is 0 Å². The smallest absolute Gasteiger partial charge is 0.339 e. The number of carbonyl (C=O) groups is 3. The zero-order valence-electron chi connectivity index (χ0n) is 13.8. The highest BCUT2D eigenvalue weighted by Crippen LogP contribution is 2.23. The molecule has 1 rings (SSSR count). The quantitative estimate of drug-likeness (QED) is 0.603. The molecule has 0 heterocycles. The molecule has 1 N–H and O–H groups in total. The van der Waals surface area contributed by atoms with E-state index in [4.69, 9.17) is 4.74 Å². The largest absolute Gasteiger partial charge is 0.452 e. The molecule has 0 saturated heterocycles. The molecule has 1 aromatic carbocycles. The van der Waals surface area contributed by atoms with Gasteiger partial charge in [-0.15, -0.1) is 11.8 Å². The predicted octanol–water partition coefficient (Wildman–Crippen LogP) is 1.55. The van der Waals surface area contributed by atoms with Crippen molar-refractivity contribution in [1.82, 2.24) is 10.2 Å². The number of ether oxygens (including phenoxy) is 1. The second-order valence-corrected chi connectivity index (χ2v) is 6.39. The van der Waals surface area contributed by atoms with Crippen LogP contribution in [0.5, 0.6) is 0 Å². The van der Waals surface area contributed by atoms with Crippen LogP contribution in [0.25, 0.3) is 0 Å². The van der Waals surface area contributed by atoms with Crippen molar-refractivity contribution in [3.05, 3.63) is 29.8 Å². The Morgan fingerprint density at radius 3 is 2.48 bits per heavy atom. The molecule has 0 spiro atoms. The summed E-state index contributed by atoms with van der Waals surface area (Å²) in [6, 6.07) is 6.93. The van der Waals surface area contributed by atoms with Gasteiger partial charge < -0.3 is 15.0 Å². The molecule has 0 saturated carbocycles. The van der Waals surface area contributed by atoms with Crippen molar-refractivity contribution in [3.8, 4) is 0 Å². The van der Waals surface area contributed by atoms with Crippen LogP contribution < -0.4 is 5.32 Å². The van der Waals surface area contributed by atoms with Gasteiger partial charge in [-0.3, -0.25) is 9.59 Å². The third-order valence-corrected chi connectivity index (χ3v) is 3.81. The van der Waals surface area contributed by atoms with Gasteiger partial charge in [-0.2, -0.15) is 0 Å². The average molecular weight is 338 g/mol. The van der Waals surface area contributed by atoms with E-state index in [0.29, 0.717) is 10.5 Å². The van der Waals surface area contributed by atoms with Crippen molar-refractivity contribution < 1.29 is 19.1 Å². The van der Waals surface area contributed by atoms with Gasteiger partial charge in [-0.1, -0.05) is 12.1 Å². The number of benzene rings is 1. The van der Waals surface area contributed by atoms with E-state index in [1.807, 2.05) is 13.8 Å². The molecular weight excluding hydrogens is 316 g/mol. The highest BCUT2D eigenvalue weighted by atomic mass is 32.2. The Labute approximate surface area is 140 Å². The van der Waals surface area contributed by atoms with Gasteiger partial charge >= 0.3 is 5.97 Å². The molecule has 2 amide bonds. The minimum absolute atomic E-state index is 0.0698. The highest BCUT2D eigenvalue weighted by molar-refractivity contribution is 8.00. The van der Waals surface area contributed by atoms with Crippen LogP contribution in [0.4, 0.5) is 0 Å². The predicted molar refractivity (Wildman–Crippen MR) is 89.4 cm³/mol. The Hall–Kier alpha value is -2.02. The minimum Gasteiger partial charge on any atom is -0.452 e. The molecule has 0 aliphatic rings. The van der Waals surface area contributed by atoms with E-state index in [1.165, 1.54) is 16.7 Å². The molecule has 0 bridgehead atoms. The Morgan fingerprint density at radius 2 is 1.87 bits per heavy atom. The first-order valence-electron chi connectivity index (χ1n) is 7.19. The summed E-state index contributed by atoms with van der Waals surface area (Å²) in [7, 11) is 3.18. The summed E-state index contributed by atoms with van der Waals surface area (Å²) >= 11 is 1.26. The molecule has 0 fully saturated rings. The first kappa shape index (κ1) is 19.0. The number of nitrogens with zero attached hydrogens (tertiary/aromatic N) is 1. The van der Waals surface area contributed by atoms with Crippen molar-refractivity contribution in [1.29, 1.82) is 0 Å². The number of hydrogen-bond donors (Lipinski definition) is 1. The number of esters is 1. The maximum atomic E-state index is 12.1. The zero-order chi connectivity index (χ0) is 17.4. The maximum absolute atomic E-state index is 12.1. The van der Waals surface area contributed by atoms with E-state index in [1.54, 1.807) is 38.4 Å². The van der Waals surface area contributed by atoms with Gasteiger partial charge in [0.15, 0.2) is 6.61 Å². The molecule has 0 atom stereocenters. The van der Waals surface area contributed by atoms with Gasteiger partial charge in [0.2, 0.25) is 5.91 Å². The fourth-order valence-corrected chi connectivity index (χ4v) is 2.45. The molecule has 0 aromatic heterocycles. The van der Waals surface area contributed by atoms with Gasteiger partial charge in [0.1, 0.15) is 0 Å². The minimum atomic E-state index is -0.576. The monoisotopic (exact) mass is 338 g/mol. The van der Waals surface area contributed by atoms with Crippen molar-refractivity contribution in [2.24, 2.45) is 0 Å². The standard InChI is InChI=1S/C16H22N2O4S/c1-11(2)17-14(19)10-23-13-8-6-5-7-12(13)16(21)22-9-15(20)18(3)4/h5-8,11H,9-10H2,1-4H3,(H,17,19). The lowest BCUT2D eigenvalue weighted by Gasteiger charge is -2.12. The summed E-state index contributed by atoms with van der Waals surface area (Å²) in [5.41, 5.74) is 0.349. The molecule has 1 aromatic rings. The van der Waals surface area contributed by atoms with Crippen molar-refractivity contribution in [2.75, 3.05) is 26.5 Å². The lowest BCUT2D eigenvalue weighted by Crippen LogP contribution is -2.31. The van der Waals surface area contributed by atoms with Crippen LogP contribution >= 0.6 is 11.8 Å². The van der Waals surface area contributed by atoms with Crippen LogP contribution in [0.3, 0.4) is 0 Å². The summed E-state index contributed by atoms with van der Waals surface area (Å²) in [6.45, 7) is 3.46. The SMILES string of the molecule is CC(C)NC(=O)CSc1ccccc1C(=O)OCC(=O)N(C)C. The average Bonchev–Trinajstić information content (AvgIpc) is 2.49. The van der Waals surface area contributed by atoms with E-state index in [-0.39, 0.29) is 30.2 Å². The Bertz CT molecular complexity index is 573. The molecule has 126 valence electrons. The summed E-state index contributed by atoms with van der Waals surface area (Å²) in [5.74, 6) is -0.762. The first-order chi connectivity index (χ1) is 10.8. The lowest BCUT2D eigenvalue weighted by molar-refractivity contribution is -0.132. The maximum Gasteiger partial charge on any atom is 0.339 e. The molecule has 23 heavy (non-hydrogen) atoms. The van der Waals surface area contributed by atoms with Crippen LogP contribution in [-0.4, -0.2) is 55.2 Å². The van der Waals surface area contributed by atoms with Crippen LogP contribution in [-0.2, 0) is 14.3 Å². The number of thioether (sulfide) groups is 1. The number of hydrogen-bond acceptors (Lipinski definition) is 5. The number of nitrogens with one attached hydrogen (secondary N) is 1. The number of carbonyl (C=O) groups excluding carboxylic acids is 3. The Kier molecular flexibility index (Phi) is 7.61. The van der Waals surface area contributed by atoms with Crippen LogP contribution in [0, 0.1) is 0 Å². The summed E-state index contributed by atoms with van der Waals surface area (Å²) in [6.07, 6.45) is 0. The molecule has 0 radical (unpaired) electrons. The number of rotatable bonds is 7. The summed E-state index contributed by atoms with van der Waals surface area (Å²) < 4.78 is 5.02. The van der Waals surface area contributed by atoms with Gasteiger partial charge in [-0.25, -0.2) is 4.79 Å². The molecule has 0 aliphatic carbocycles. The molecule has 0 aliphatic heterocycles. The first-order valence-corrected chi connectivity index (χ1v) is 8.18. The highest BCUT2D eigenvalue weighted by Gasteiger charge is 2.16. The van der Waals surface area contributed by atoms with Crippen LogP contribution in [0.1, 0.15) is 24.2 Å². The molecule has 6 nitrogen and oxygen atoms in total. The van der Waals surface area contributed by atoms with Crippen LogP contribution in [0.15, 0.2) is 29.2 Å². The van der Waals surface area contributed by atoms with E-state index in [9.17, 15) is 14.4 Å². The zero-order valence-corrected chi connectivity index (χ0v) is 14.6. The Balaban J connectivity index is 2.67. The lowest BCUT2D eigenvalue weighted by atomic mass is 10.2.